The maximum Gasteiger partial charge on any atom is 0.251 e. The molecule has 0 aliphatic rings. The van der Waals surface area contributed by atoms with Gasteiger partial charge in [-0.15, -0.1) is 5.10 Å². The molecule has 4 aromatic rings. The summed E-state index contributed by atoms with van der Waals surface area (Å²) in [5, 5.41) is 14.8. The molecule has 1 amide bonds. The molecule has 0 bridgehead atoms. The monoisotopic (exact) mass is 479 g/mol. The van der Waals surface area contributed by atoms with Crippen molar-refractivity contribution in [1.29, 1.82) is 0 Å². The third-order valence-corrected chi connectivity index (χ3v) is 5.40. The zero-order valence-corrected chi connectivity index (χ0v) is 19.5. The van der Waals surface area contributed by atoms with Gasteiger partial charge in [0.2, 0.25) is 0 Å². The number of rotatable bonds is 8. The lowest BCUT2D eigenvalue weighted by Gasteiger charge is -2.14. The van der Waals surface area contributed by atoms with Crippen LogP contribution in [0.5, 0.6) is 17.2 Å². The third kappa shape index (κ3) is 4.94. The van der Waals surface area contributed by atoms with Crippen molar-refractivity contribution in [1.82, 2.24) is 25.5 Å². The highest BCUT2D eigenvalue weighted by atomic mass is 35.5. The number of nitrogens with one attached hydrogen (secondary N) is 1. The minimum absolute atomic E-state index is 0.271. The summed E-state index contributed by atoms with van der Waals surface area (Å²) in [6, 6.07) is 16.1. The Labute approximate surface area is 201 Å². The first-order valence-electron chi connectivity index (χ1n) is 10.2. The number of amides is 1. The van der Waals surface area contributed by atoms with Crippen LogP contribution in [0, 0.1) is 0 Å². The van der Waals surface area contributed by atoms with Gasteiger partial charge in [-0.2, -0.15) is 0 Å². The fourth-order valence-corrected chi connectivity index (χ4v) is 3.66. The number of tetrazole rings is 1. The van der Waals surface area contributed by atoms with Gasteiger partial charge in [0.05, 0.1) is 27.0 Å². The quantitative estimate of drug-likeness (QED) is 0.408. The Hall–Kier alpha value is -4.11. The highest BCUT2D eigenvalue weighted by molar-refractivity contribution is 6.31. The molecule has 0 saturated heterocycles. The molecule has 0 aliphatic carbocycles. The molecular formula is C24H22ClN5O4. The van der Waals surface area contributed by atoms with Crippen molar-refractivity contribution >= 4 is 17.5 Å². The van der Waals surface area contributed by atoms with E-state index in [-0.39, 0.29) is 5.91 Å². The average Bonchev–Trinajstić information content (AvgIpc) is 3.42. The molecule has 0 radical (unpaired) electrons. The van der Waals surface area contributed by atoms with Crippen molar-refractivity contribution in [3.05, 3.63) is 77.1 Å². The van der Waals surface area contributed by atoms with E-state index in [1.165, 1.54) is 11.0 Å². The molecule has 1 N–H and O–H groups in total. The van der Waals surface area contributed by atoms with Gasteiger partial charge in [-0.05, 0) is 70.1 Å². The van der Waals surface area contributed by atoms with Crippen LogP contribution in [0.15, 0.2) is 60.9 Å². The lowest BCUT2D eigenvalue weighted by atomic mass is 10.0. The van der Waals surface area contributed by atoms with Crippen LogP contribution in [0.2, 0.25) is 5.02 Å². The largest absolute Gasteiger partial charge is 0.496 e. The van der Waals surface area contributed by atoms with E-state index in [1.54, 1.807) is 57.7 Å². The number of hydrogen-bond donors (Lipinski definition) is 1. The van der Waals surface area contributed by atoms with Gasteiger partial charge in [0, 0.05) is 22.7 Å². The smallest absolute Gasteiger partial charge is 0.251 e. The number of hydrogen-bond acceptors (Lipinski definition) is 7. The van der Waals surface area contributed by atoms with Gasteiger partial charge in [0.15, 0.2) is 11.5 Å². The first kappa shape index (κ1) is 23.1. The lowest BCUT2D eigenvalue weighted by molar-refractivity contribution is 0.0951. The van der Waals surface area contributed by atoms with Crippen LogP contribution in [-0.4, -0.2) is 47.4 Å². The van der Waals surface area contributed by atoms with Gasteiger partial charge < -0.3 is 19.5 Å². The van der Waals surface area contributed by atoms with Crippen LogP contribution in [0.1, 0.15) is 15.9 Å². The summed E-state index contributed by atoms with van der Waals surface area (Å²) in [4.78, 5) is 13.1. The number of aromatic nitrogens is 4. The van der Waals surface area contributed by atoms with Crippen molar-refractivity contribution in [2.75, 3.05) is 21.3 Å². The highest BCUT2D eigenvalue weighted by Crippen LogP contribution is 2.34. The van der Waals surface area contributed by atoms with E-state index >= 15 is 0 Å². The summed E-state index contributed by atoms with van der Waals surface area (Å²) in [6.45, 7) is 0.296. The number of methoxy groups -OCH3 is 3. The summed E-state index contributed by atoms with van der Waals surface area (Å²) >= 11 is 6.24. The second kappa shape index (κ2) is 10.2. The van der Waals surface area contributed by atoms with E-state index in [0.717, 1.165) is 16.7 Å². The molecule has 9 nitrogen and oxygen atoms in total. The zero-order chi connectivity index (χ0) is 24.1. The summed E-state index contributed by atoms with van der Waals surface area (Å²) in [5.74, 6) is 1.55. The molecule has 0 saturated carbocycles. The molecule has 0 fully saturated rings. The summed E-state index contributed by atoms with van der Waals surface area (Å²) in [5.41, 5.74) is 3.35. The Kier molecular flexibility index (Phi) is 6.93. The Bertz CT molecular complexity index is 1310. The van der Waals surface area contributed by atoms with Crippen molar-refractivity contribution in [2.45, 2.75) is 6.54 Å². The predicted octanol–water partition coefficient (Wildman–Crippen LogP) is 3.94. The Morgan fingerprint density at radius 3 is 2.41 bits per heavy atom. The standard InChI is InChI=1S/C24H22ClN5O4/c1-32-21-7-5-18(25)12-20(21)16-9-17(11-19(10-16)30-14-27-28-29-30)24(31)26-13-15-4-6-22(33-2)23(8-15)34-3/h4-12,14H,13H2,1-3H3,(H,26,31). The number of ether oxygens (including phenoxy) is 3. The fourth-order valence-electron chi connectivity index (χ4n) is 3.49. The summed E-state index contributed by atoms with van der Waals surface area (Å²) < 4.78 is 17.6. The molecule has 34 heavy (non-hydrogen) atoms. The first-order chi connectivity index (χ1) is 16.5. The van der Waals surface area contributed by atoms with Gasteiger partial charge in [-0.3, -0.25) is 4.79 Å². The number of carbonyl (C=O) groups is 1. The highest BCUT2D eigenvalue weighted by Gasteiger charge is 2.15. The Balaban J connectivity index is 1.67. The normalized spacial score (nSPS) is 10.6. The molecule has 0 aliphatic heterocycles. The maximum atomic E-state index is 13.1. The molecule has 0 unspecified atom stereocenters. The molecular weight excluding hydrogens is 458 g/mol. The van der Waals surface area contributed by atoms with E-state index in [1.807, 2.05) is 18.2 Å². The molecule has 3 aromatic carbocycles. The molecule has 174 valence electrons. The molecule has 10 heteroatoms. The molecule has 0 atom stereocenters. The maximum absolute atomic E-state index is 13.1. The topological polar surface area (TPSA) is 100 Å². The average molecular weight is 480 g/mol. The Morgan fingerprint density at radius 1 is 0.941 bits per heavy atom. The SMILES string of the molecule is COc1ccc(CNC(=O)c2cc(-c3cc(Cl)ccc3OC)cc(-n3cnnn3)c2)cc1OC. The van der Waals surface area contributed by atoms with Gasteiger partial charge in [0.1, 0.15) is 12.1 Å². The second-order valence-electron chi connectivity index (χ2n) is 7.24. The van der Waals surface area contributed by atoms with E-state index in [0.29, 0.717) is 40.1 Å². The second-order valence-corrected chi connectivity index (χ2v) is 7.68. The molecule has 1 heterocycles. The summed E-state index contributed by atoms with van der Waals surface area (Å²) in [7, 11) is 4.72. The van der Waals surface area contributed by atoms with Gasteiger partial charge in [-0.1, -0.05) is 17.7 Å². The van der Waals surface area contributed by atoms with E-state index in [4.69, 9.17) is 25.8 Å². The number of benzene rings is 3. The first-order valence-corrected chi connectivity index (χ1v) is 10.6. The lowest BCUT2D eigenvalue weighted by Crippen LogP contribution is -2.23. The van der Waals surface area contributed by atoms with E-state index in [9.17, 15) is 4.79 Å². The van der Waals surface area contributed by atoms with Crippen LogP contribution >= 0.6 is 11.6 Å². The van der Waals surface area contributed by atoms with E-state index < -0.39 is 0 Å². The van der Waals surface area contributed by atoms with Crippen molar-refractivity contribution in [3.63, 3.8) is 0 Å². The zero-order valence-electron chi connectivity index (χ0n) is 18.8. The van der Waals surface area contributed by atoms with Gasteiger partial charge in [-0.25, -0.2) is 4.68 Å². The van der Waals surface area contributed by atoms with Crippen LogP contribution in [0.4, 0.5) is 0 Å². The van der Waals surface area contributed by atoms with Crippen molar-refractivity contribution in [2.24, 2.45) is 0 Å². The van der Waals surface area contributed by atoms with Crippen molar-refractivity contribution < 1.29 is 19.0 Å². The minimum Gasteiger partial charge on any atom is -0.496 e. The van der Waals surface area contributed by atoms with Crippen LogP contribution < -0.4 is 19.5 Å². The van der Waals surface area contributed by atoms with Crippen LogP contribution in [0.3, 0.4) is 0 Å². The fraction of sp³-hybridized carbons (Fsp3) is 0.167. The molecule has 1 aromatic heterocycles. The molecule has 4 rings (SSSR count). The van der Waals surface area contributed by atoms with Gasteiger partial charge in [0.25, 0.3) is 5.91 Å². The number of halogens is 1. The Morgan fingerprint density at radius 2 is 1.71 bits per heavy atom. The van der Waals surface area contributed by atoms with Crippen LogP contribution in [-0.2, 0) is 6.54 Å². The van der Waals surface area contributed by atoms with Crippen molar-refractivity contribution in [3.8, 4) is 34.1 Å². The van der Waals surface area contributed by atoms with Crippen LogP contribution in [0.25, 0.3) is 16.8 Å². The number of nitrogens with zero attached hydrogens (tertiary/aromatic N) is 4. The minimum atomic E-state index is -0.271. The van der Waals surface area contributed by atoms with E-state index in [2.05, 4.69) is 20.8 Å². The summed E-state index contributed by atoms with van der Waals surface area (Å²) in [6.07, 6.45) is 1.46. The third-order valence-electron chi connectivity index (χ3n) is 5.17. The van der Waals surface area contributed by atoms with Gasteiger partial charge >= 0.3 is 0 Å². The number of carbonyl (C=O) groups excluding carboxylic acids is 1. The molecule has 0 spiro atoms. The predicted molar refractivity (Wildman–Crippen MR) is 127 cm³/mol.